The van der Waals surface area contributed by atoms with E-state index in [0.29, 0.717) is 0 Å². The van der Waals surface area contributed by atoms with Crippen LogP contribution in [0.2, 0.25) is 0 Å². The van der Waals surface area contributed by atoms with E-state index in [2.05, 4.69) is 14.8 Å². The number of carbonyl (C=O) groups excluding carboxylic acids is 1. The molecule has 1 atom stereocenters. The van der Waals surface area contributed by atoms with Crippen LogP contribution in [-0.4, -0.2) is 12.7 Å². The number of carbonyl (C=O) groups is 1. The molecule has 0 rings (SSSR count). The van der Waals surface area contributed by atoms with Gasteiger partial charge in [0.25, 0.3) is 0 Å². The highest BCUT2D eigenvalue weighted by atomic mass is 31.1. The van der Waals surface area contributed by atoms with Gasteiger partial charge in [-0.05, 0) is 6.92 Å². The van der Waals surface area contributed by atoms with Crippen LogP contribution in [0.25, 0.3) is 0 Å². The fraction of sp³-hybridized carbons (Fsp3) is 0.667. The first-order chi connectivity index (χ1) is 4.16. The number of rotatable bonds is 3. The third kappa shape index (κ3) is 7.42. The lowest BCUT2D eigenvalue weighted by Gasteiger charge is -1.98. The Balaban J connectivity index is 0. The number of amides is 1. The zero-order valence-electron chi connectivity index (χ0n) is 5.62. The lowest BCUT2D eigenvalue weighted by Crippen LogP contribution is -2.08. The van der Waals surface area contributed by atoms with Gasteiger partial charge < -0.3 is 20.9 Å². The van der Waals surface area contributed by atoms with Crippen molar-refractivity contribution in [2.75, 3.05) is 6.61 Å². The lowest BCUT2D eigenvalue weighted by molar-refractivity contribution is 0.199. The van der Waals surface area contributed by atoms with Crippen molar-refractivity contribution >= 4 is 14.3 Å². The number of nitrogens with two attached hydrogens (primary N) is 1. The molecular weight excluding hydrogens is 159 g/mol. The summed E-state index contributed by atoms with van der Waals surface area (Å²) in [5.74, 6) is 0. The zero-order chi connectivity index (χ0) is 7.28. The van der Waals surface area contributed by atoms with Crippen LogP contribution in [0, 0.1) is 0 Å². The Morgan fingerprint density at radius 1 is 1.70 bits per heavy atom. The smallest absolute Gasteiger partial charge is 0.377 e. The maximum Gasteiger partial charge on any atom is 0.410 e. The third-order valence-electron chi connectivity index (χ3n) is 0.446. The molecule has 7 heteroatoms. The fourth-order valence-corrected chi connectivity index (χ4v) is 0.688. The lowest BCUT2D eigenvalue weighted by atomic mass is 10.9. The van der Waals surface area contributed by atoms with Gasteiger partial charge >= 0.3 is 14.3 Å². The molecule has 0 heterocycles. The molecule has 0 aliphatic carbocycles. The Bertz CT molecular complexity index is 128. The van der Waals surface area contributed by atoms with Gasteiger partial charge in [-0.15, -0.1) is 0 Å². The van der Waals surface area contributed by atoms with Crippen molar-refractivity contribution in [2.24, 2.45) is 5.73 Å². The van der Waals surface area contributed by atoms with Crippen LogP contribution in [0.3, 0.4) is 0 Å². The molecule has 0 aliphatic rings. The molecule has 62 valence electrons. The van der Waals surface area contributed by atoms with Crippen LogP contribution >= 0.6 is 8.25 Å². The van der Waals surface area contributed by atoms with Gasteiger partial charge in [0.1, 0.15) is 0 Å². The topological polar surface area (TPSA) is 114 Å². The second kappa shape index (κ2) is 6.54. The summed E-state index contributed by atoms with van der Waals surface area (Å²) in [7, 11) is -2.66. The van der Waals surface area contributed by atoms with Gasteiger partial charge in [0.15, 0.2) is 0 Å². The number of primary amides is 1. The molecule has 10 heavy (non-hydrogen) atoms. The van der Waals surface area contributed by atoms with Crippen LogP contribution in [0.4, 0.5) is 4.79 Å². The summed E-state index contributed by atoms with van der Waals surface area (Å²) in [5.41, 5.74) is 4.51. The first-order valence-electron chi connectivity index (χ1n) is 2.31. The molecule has 0 radical (unpaired) electrons. The second-order valence-electron chi connectivity index (χ2n) is 1.10. The average Bonchev–Trinajstić information content (AvgIpc) is 1.63. The van der Waals surface area contributed by atoms with Gasteiger partial charge in [-0.1, -0.05) is 0 Å². The van der Waals surface area contributed by atoms with Crippen LogP contribution in [0.1, 0.15) is 6.92 Å². The molecule has 0 spiro atoms. The summed E-state index contributed by atoms with van der Waals surface area (Å²) in [5, 5.41) is 0. The standard InChI is InChI=1S/C3H8NO4P.H3N/c1-2-7-9(6)8-3(4)5;/h9H,2H2,1H3,(H2,4,5);1H3. The second-order valence-corrected chi connectivity index (χ2v) is 2.10. The van der Waals surface area contributed by atoms with Crippen molar-refractivity contribution in [2.45, 2.75) is 6.92 Å². The summed E-state index contributed by atoms with van der Waals surface area (Å²) < 4.78 is 18.6. The quantitative estimate of drug-likeness (QED) is 0.604. The molecule has 0 aromatic rings. The van der Waals surface area contributed by atoms with Crippen molar-refractivity contribution in [3.63, 3.8) is 0 Å². The highest BCUT2D eigenvalue weighted by molar-refractivity contribution is 7.34. The predicted molar refractivity (Wildman–Crippen MR) is 36.3 cm³/mol. The van der Waals surface area contributed by atoms with E-state index in [-0.39, 0.29) is 12.8 Å². The molecule has 0 saturated heterocycles. The summed E-state index contributed by atoms with van der Waals surface area (Å²) in [4.78, 5) is 9.83. The maximum absolute atomic E-state index is 10.3. The normalized spacial score (nSPS) is 11.3. The summed E-state index contributed by atoms with van der Waals surface area (Å²) >= 11 is 0. The highest BCUT2D eigenvalue weighted by Gasteiger charge is 2.00. The number of hydrogen-bond donors (Lipinski definition) is 2. The van der Waals surface area contributed by atoms with Crippen LogP contribution in [-0.2, 0) is 13.6 Å². The number of hydrogen-bond acceptors (Lipinski definition) is 5. The summed E-state index contributed by atoms with van der Waals surface area (Å²) in [6.45, 7) is 1.87. The van der Waals surface area contributed by atoms with Crippen LogP contribution < -0.4 is 11.9 Å². The van der Waals surface area contributed by atoms with E-state index >= 15 is 0 Å². The molecule has 6 nitrogen and oxygen atoms in total. The van der Waals surface area contributed by atoms with Gasteiger partial charge in [-0.25, -0.2) is 9.36 Å². The Labute approximate surface area is 59.2 Å². The van der Waals surface area contributed by atoms with Gasteiger partial charge in [0, 0.05) is 0 Å². The molecular formula is C3H11N2O4P. The largest absolute Gasteiger partial charge is 0.410 e. The molecule has 5 N–H and O–H groups in total. The van der Waals surface area contributed by atoms with Crippen LogP contribution in [0.5, 0.6) is 0 Å². The van der Waals surface area contributed by atoms with E-state index in [0.717, 1.165) is 0 Å². The van der Waals surface area contributed by atoms with Crippen molar-refractivity contribution in [1.29, 1.82) is 0 Å². The SMILES string of the molecule is CCO[PH](=O)OC(N)=O.N. The minimum Gasteiger partial charge on any atom is -0.377 e. The first kappa shape index (κ1) is 12.1. The minimum atomic E-state index is -2.66. The van der Waals surface area contributed by atoms with Crippen molar-refractivity contribution < 1.29 is 18.4 Å². The Kier molecular flexibility index (Phi) is 7.93. The van der Waals surface area contributed by atoms with E-state index in [1.165, 1.54) is 0 Å². The van der Waals surface area contributed by atoms with E-state index in [4.69, 9.17) is 0 Å². The van der Waals surface area contributed by atoms with E-state index in [9.17, 15) is 9.36 Å². The van der Waals surface area contributed by atoms with Crippen molar-refractivity contribution in [3.05, 3.63) is 0 Å². The fourth-order valence-electron chi connectivity index (χ4n) is 0.229. The zero-order valence-corrected chi connectivity index (χ0v) is 6.62. The summed E-state index contributed by atoms with van der Waals surface area (Å²) in [6, 6.07) is 0. The highest BCUT2D eigenvalue weighted by Crippen LogP contribution is 2.22. The summed E-state index contributed by atoms with van der Waals surface area (Å²) in [6.07, 6.45) is -1.08. The van der Waals surface area contributed by atoms with Gasteiger partial charge in [0.05, 0.1) is 6.61 Å². The average molecular weight is 170 g/mol. The Hall–Kier alpha value is -0.580. The Morgan fingerprint density at radius 2 is 2.20 bits per heavy atom. The maximum atomic E-state index is 10.3. The van der Waals surface area contributed by atoms with E-state index in [1.807, 2.05) is 0 Å². The molecule has 0 fully saturated rings. The molecule has 0 saturated carbocycles. The van der Waals surface area contributed by atoms with Gasteiger partial charge in [-0.2, -0.15) is 0 Å². The van der Waals surface area contributed by atoms with Crippen LogP contribution in [0.15, 0.2) is 0 Å². The minimum absolute atomic E-state index is 0. The molecule has 0 aromatic heterocycles. The van der Waals surface area contributed by atoms with E-state index in [1.54, 1.807) is 6.92 Å². The van der Waals surface area contributed by atoms with Gasteiger partial charge in [-0.3, -0.25) is 0 Å². The molecule has 0 aliphatic heterocycles. The van der Waals surface area contributed by atoms with E-state index < -0.39 is 14.3 Å². The Morgan fingerprint density at radius 3 is 2.50 bits per heavy atom. The van der Waals surface area contributed by atoms with Gasteiger partial charge in [0.2, 0.25) is 0 Å². The predicted octanol–water partition coefficient (Wildman–Crippen LogP) is 0.670. The van der Waals surface area contributed by atoms with Crippen molar-refractivity contribution in [3.8, 4) is 0 Å². The molecule has 0 aromatic carbocycles. The van der Waals surface area contributed by atoms with Crippen molar-refractivity contribution in [1.82, 2.24) is 6.15 Å². The molecule has 0 bridgehead atoms. The first-order valence-corrected chi connectivity index (χ1v) is 3.53. The molecule has 1 amide bonds. The monoisotopic (exact) mass is 170 g/mol. The molecule has 1 unspecified atom stereocenters. The third-order valence-corrected chi connectivity index (χ3v) is 1.34.